The fourth-order valence-corrected chi connectivity index (χ4v) is 5.16. The third kappa shape index (κ3) is 4.50. The highest BCUT2D eigenvalue weighted by molar-refractivity contribution is 5.88. The van der Waals surface area contributed by atoms with Crippen LogP contribution >= 0.6 is 0 Å². The largest absolute Gasteiger partial charge is 0.480 e. The van der Waals surface area contributed by atoms with Gasteiger partial charge in [-0.25, -0.2) is 9.59 Å². The number of carboxylic acids is 1. The number of fused-ring (bicyclic) bond motifs is 3. The lowest BCUT2D eigenvalue weighted by molar-refractivity contribution is -0.144. The average molecular weight is 467 g/mol. The van der Waals surface area contributed by atoms with E-state index < -0.39 is 35.5 Å². The summed E-state index contributed by atoms with van der Waals surface area (Å²) in [6, 6.07) is 14.5. The summed E-state index contributed by atoms with van der Waals surface area (Å²) in [7, 11) is 0. The van der Waals surface area contributed by atoms with Gasteiger partial charge in [-0.2, -0.15) is 0 Å². The number of hydrogen-bond donors (Lipinski definition) is 4. The van der Waals surface area contributed by atoms with Crippen molar-refractivity contribution >= 4 is 18.0 Å². The Balaban J connectivity index is 1.40. The molecule has 2 amide bonds. The van der Waals surface area contributed by atoms with Gasteiger partial charge < -0.3 is 25.6 Å². The molecule has 1 fully saturated rings. The van der Waals surface area contributed by atoms with Crippen LogP contribution in [0.2, 0.25) is 0 Å². The number of rotatable bonds is 8. The molecule has 4 N–H and O–H groups in total. The molecule has 0 aliphatic heterocycles. The quantitative estimate of drug-likeness (QED) is 0.474. The van der Waals surface area contributed by atoms with Gasteiger partial charge in [-0.1, -0.05) is 55.0 Å². The van der Waals surface area contributed by atoms with Crippen molar-refractivity contribution in [3.8, 4) is 11.1 Å². The van der Waals surface area contributed by atoms with Crippen molar-refractivity contribution in [3.05, 3.63) is 59.7 Å². The molecule has 2 aliphatic carbocycles. The fraction of sp³-hybridized carbons (Fsp3) is 0.423. The molecule has 8 nitrogen and oxygen atoms in total. The number of amides is 2. The molecule has 0 heterocycles. The molecule has 0 radical (unpaired) electrons. The van der Waals surface area contributed by atoms with Crippen LogP contribution in [0.5, 0.6) is 0 Å². The number of aliphatic hydroxyl groups excluding tert-OH is 1. The minimum atomic E-state index is -1.20. The number of ether oxygens (including phenoxy) is 1. The molecule has 8 heteroatoms. The van der Waals surface area contributed by atoms with Crippen LogP contribution in [0.15, 0.2) is 48.5 Å². The molecule has 2 aromatic rings. The first-order chi connectivity index (χ1) is 16.3. The van der Waals surface area contributed by atoms with Crippen LogP contribution in [0.3, 0.4) is 0 Å². The maximum absolute atomic E-state index is 12.9. The summed E-state index contributed by atoms with van der Waals surface area (Å²) in [4.78, 5) is 37.0. The van der Waals surface area contributed by atoms with Crippen molar-refractivity contribution in [2.75, 3.05) is 13.2 Å². The maximum Gasteiger partial charge on any atom is 0.407 e. The highest BCUT2D eigenvalue weighted by atomic mass is 16.5. The Hall–Kier alpha value is -3.39. The zero-order valence-corrected chi connectivity index (χ0v) is 19.1. The van der Waals surface area contributed by atoms with Crippen LogP contribution in [0.4, 0.5) is 4.79 Å². The number of aliphatic hydroxyl groups is 1. The number of hydrogen-bond acceptors (Lipinski definition) is 5. The van der Waals surface area contributed by atoms with Crippen LogP contribution in [0.25, 0.3) is 11.1 Å². The van der Waals surface area contributed by atoms with E-state index in [2.05, 4.69) is 22.8 Å². The lowest BCUT2D eigenvalue weighted by Gasteiger charge is -2.31. The van der Waals surface area contributed by atoms with Gasteiger partial charge in [0.25, 0.3) is 0 Å². The van der Waals surface area contributed by atoms with E-state index in [0.717, 1.165) is 28.7 Å². The van der Waals surface area contributed by atoms with E-state index >= 15 is 0 Å². The van der Waals surface area contributed by atoms with Gasteiger partial charge in [0.05, 0.1) is 5.41 Å². The molecule has 3 atom stereocenters. The molecule has 34 heavy (non-hydrogen) atoms. The third-order valence-corrected chi connectivity index (χ3v) is 7.13. The summed E-state index contributed by atoms with van der Waals surface area (Å²) in [6.45, 7) is 1.55. The van der Waals surface area contributed by atoms with Crippen molar-refractivity contribution in [3.63, 3.8) is 0 Å². The molecule has 180 valence electrons. The number of carboxylic acid groups (broad SMARTS) is 1. The van der Waals surface area contributed by atoms with Crippen molar-refractivity contribution in [2.24, 2.45) is 5.41 Å². The Morgan fingerprint density at radius 2 is 1.71 bits per heavy atom. The van der Waals surface area contributed by atoms with E-state index in [1.165, 1.54) is 0 Å². The monoisotopic (exact) mass is 466 g/mol. The van der Waals surface area contributed by atoms with Crippen molar-refractivity contribution in [2.45, 2.75) is 50.6 Å². The highest BCUT2D eigenvalue weighted by Crippen LogP contribution is 2.44. The van der Waals surface area contributed by atoms with Crippen LogP contribution in [-0.4, -0.2) is 53.5 Å². The number of carbonyl (C=O) groups is 3. The first-order valence-electron chi connectivity index (χ1n) is 11.6. The third-order valence-electron chi connectivity index (χ3n) is 7.13. The number of aliphatic carboxylic acids is 1. The van der Waals surface area contributed by atoms with E-state index in [9.17, 15) is 19.5 Å². The summed E-state index contributed by atoms with van der Waals surface area (Å²) in [5.41, 5.74) is 3.55. The number of carbonyl (C=O) groups excluding carboxylic acids is 2. The second-order valence-electron chi connectivity index (χ2n) is 9.21. The van der Waals surface area contributed by atoms with Gasteiger partial charge in [-0.05, 0) is 42.0 Å². The minimum Gasteiger partial charge on any atom is -0.480 e. The van der Waals surface area contributed by atoms with Gasteiger partial charge in [0.1, 0.15) is 12.6 Å². The molecule has 2 aliphatic rings. The first kappa shape index (κ1) is 23.8. The van der Waals surface area contributed by atoms with Crippen molar-refractivity contribution in [1.29, 1.82) is 0 Å². The predicted octanol–water partition coefficient (Wildman–Crippen LogP) is 3.04. The SMILES string of the molecule is CC1(C(=O)N[C@@H](CCO)C(=O)O)CCCC1NC(=O)OCC1c2ccccc2-c2ccccc21. The van der Waals surface area contributed by atoms with E-state index in [0.29, 0.717) is 12.8 Å². The van der Waals surface area contributed by atoms with Gasteiger partial charge in [-0.3, -0.25) is 4.79 Å². The molecule has 0 bridgehead atoms. The van der Waals surface area contributed by atoms with Crippen LogP contribution in [0.1, 0.15) is 49.7 Å². The Morgan fingerprint density at radius 3 is 2.29 bits per heavy atom. The van der Waals surface area contributed by atoms with Crippen LogP contribution in [0, 0.1) is 5.41 Å². The molecule has 2 unspecified atom stereocenters. The molecular weight excluding hydrogens is 436 g/mol. The summed E-state index contributed by atoms with van der Waals surface area (Å²) in [5, 5.41) is 23.7. The molecule has 0 spiro atoms. The zero-order valence-electron chi connectivity index (χ0n) is 19.1. The predicted molar refractivity (Wildman–Crippen MR) is 125 cm³/mol. The topological polar surface area (TPSA) is 125 Å². The summed E-state index contributed by atoms with van der Waals surface area (Å²) < 4.78 is 5.62. The number of benzene rings is 2. The Labute approximate surface area is 198 Å². The van der Waals surface area contributed by atoms with Gasteiger partial charge in [0, 0.05) is 25.0 Å². The van der Waals surface area contributed by atoms with Gasteiger partial charge in [0.15, 0.2) is 0 Å². The lowest BCUT2D eigenvalue weighted by atomic mass is 9.83. The zero-order chi connectivity index (χ0) is 24.3. The summed E-state index contributed by atoms with van der Waals surface area (Å²) >= 11 is 0. The van der Waals surface area contributed by atoms with Crippen molar-refractivity contribution in [1.82, 2.24) is 10.6 Å². The van der Waals surface area contributed by atoms with Gasteiger partial charge in [0.2, 0.25) is 5.91 Å². The number of alkyl carbamates (subject to hydrolysis) is 1. The lowest BCUT2D eigenvalue weighted by Crippen LogP contribution is -2.54. The van der Waals surface area contributed by atoms with Gasteiger partial charge >= 0.3 is 12.1 Å². The Kier molecular flexibility index (Phi) is 6.88. The first-order valence-corrected chi connectivity index (χ1v) is 11.6. The second kappa shape index (κ2) is 9.85. The van der Waals surface area contributed by atoms with Gasteiger partial charge in [-0.15, -0.1) is 0 Å². The molecule has 4 rings (SSSR count). The van der Waals surface area contributed by atoms with E-state index in [1.807, 2.05) is 36.4 Å². The highest BCUT2D eigenvalue weighted by Gasteiger charge is 2.47. The standard InChI is InChI=1S/C26H30N2O6/c1-26(24(32)27-21(12-14-29)23(30)31)13-6-11-22(26)28-25(33)34-15-20-18-9-4-2-7-16(18)17-8-3-5-10-19(17)20/h2-5,7-10,20-22,29H,6,11-15H2,1H3,(H,27,32)(H,28,33)(H,30,31)/t21-,22?,26?/m0/s1. The summed E-state index contributed by atoms with van der Waals surface area (Å²) in [6.07, 6.45) is 1.14. The maximum atomic E-state index is 12.9. The molecule has 0 saturated heterocycles. The van der Waals surface area contributed by atoms with Crippen molar-refractivity contribution < 1.29 is 29.3 Å². The Morgan fingerprint density at radius 1 is 1.09 bits per heavy atom. The van der Waals surface area contributed by atoms with E-state index in [1.54, 1.807) is 6.92 Å². The minimum absolute atomic E-state index is 0.0637. The second-order valence-corrected chi connectivity index (χ2v) is 9.21. The molecule has 1 saturated carbocycles. The number of nitrogens with one attached hydrogen (secondary N) is 2. The fourth-order valence-electron chi connectivity index (χ4n) is 5.16. The molecular formula is C26H30N2O6. The summed E-state index contributed by atoms with van der Waals surface area (Å²) in [5.74, 6) is -1.72. The smallest absolute Gasteiger partial charge is 0.407 e. The average Bonchev–Trinajstić information content (AvgIpc) is 3.36. The molecule has 2 aromatic carbocycles. The molecule has 0 aromatic heterocycles. The normalized spacial score (nSPS) is 21.9. The Bertz CT molecular complexity index is 1040. The van der Waals surface area contributed by atoms with E-state index in [4.69, 9.17) is 9.84 Å². The van der Waals surface area contributed by atoms with Crippen LogP contribution < -0.4 is 10.6 Å². The van der Waals surface area contributed by atoms with Crippen LogP contribution in [-0.2, 0) is 14.3 Å². The van der Waals surface area contributed by atoms with E-state index in [-0.39, 0.29) is 25.6 Å².